The molecule has 46 heavy (non-hydrogen) atoms. The van der Waals surface area contributed by atoms with Crippen LogP contribution in [0.5, 0.6) is 0 Å². The van der Waals surface area contributed by atoms with Crippen LogP contribution in [0, 0.1) is 19.3 Å². The molecule has 0 radical (unpaired) electrons. The summed E-state index contributed by atoms with van der Waals surface area (Å²) in [5.41, 5.74) is 17.8. The molecule has 0 aliphatic heterocycles. The molecule has 0 atom stereocenters. The maximum absolute atomic E-state index is 2.51. The van der Waals surface area contributed by atoms with E-state index >= 15 is 0 Å². The summed E-state index contributed by atoms with van der Waals surface area (Å²) < 4.78 is 0. The van der Waals surface area contributed by atoms with E-state index < -0.39 is 0 Å². The fourth-order valence-corrected chi connectivity index (χ4v) is 8.47. The second-order valence-electron chi connectivity index (χ2n) is 16.1. The van der Waals surface area contributed by atoms with Crippen LogP contribution in [-0.2, 0) is 22.8 Å². The molecule has 0 heterocycles. The van der Waals surface area contributed by atoms with Crippen LogP contribution in [-0.4, -0.2) is 0 Å². The summed E-state index contributed by atoms with van der Waals surface area (Å²) in [4.78, 5) is 2.51. The lowest BCUT2D eigenvalue weighted by Gasteiger charge is -2.44. The Labute approximate surface area is 277 Å². The SMILES string of the molecule is Cc1cccc(N(Cc2ccccc2-c2ccc3c(c2)C(C)(C)C(C)(C)C3(C)C)c2ccc3c(c2)C(C)(C)c2cc(C)ccc2-3)c1. The Morgan fingerprint density at radius 2 is 1.11 bits per heavy atom. The van der Waals surface area contributed by atoms with E-state index in [9.17, 15) is 0 Å². The first kappa shape index (κ1) is 30.5. The van der Waals surface area contributed by atoms with Crippen LogP contribution in [0.15, 0.2) is 103 Å². The number of benzene rings is 5. The van der Waals surface area contributed by atoms with Crippen LogP contribution < -0.4 is 4.90 Å². The summed E-state index contributed by atoms with van der Waals surface area (Å²) in [5, 5.41) is 0. The third kappa shape index (κ3) is 4.34. The van der Waals surface area contributed by atoms with Crippen LogP contribution in [0.2, 0.25) is 0 Å². The topological polar surface area (TPSA) is 3.24 Å². The Balaban J connectivity index is 1.34. The summed E-state index contributed by atoms with van der Waals surface area (Å²) in [6.45, 7) is 24.5. The normalized spacial score (nSPS) is 17.7. The van der Waals surface area contributed by atoms with E-state index in [1.54, 1.807) is 0 Å². The zero-order valence-corrected chi connectivity index (χ0v) is 29.5. The van der Waals surface area contributed by atoms with E-state index in [0.717, 1.165) is 6.54 Å². The molecule has 0 aromatic heterocycles. The van der Waals surface area contributed by atoms with Gasteiger partial charge in [0, 0.05) is 23.3 Å². The molecule has 0 saturated carbocycles. The van der Waals surface area contributed by atoms with E-state index in [1.165, 1.54) is 72.6 Å². The molecule has 0 N–H and O–H groups in total. The zero-order valence-electron chi connectivity index (χ0n) is 29.5. The van der Waals surface area contributed by atoms with Crippen molar-refractivity contribution in [3.05, 3.63) is 142 Å². The summed E-state index contributed by atoms with van der Waals surface area (Å²) in [6.07, 6.45) is 0. The molecule has 1 heteroatoms. The van der Waals surface area contributed by atoms with E-state index in [4.69, 9.17) is 0 Å². The highest BCUT2D eigenvalue weighted by molar-refractivity contribution is 5.84. The number of rotatable bonds is 5. The molecule has 5 aromatic rings. The van der Waals surface area contributed by atoms with Crippen molar-refractivity contribution in [3.63, 3.8) is 0 Å². The summed E-state index contributed by atoms with van der Waals surface area (Å²) in [5.74, 6) is 0. The second-order valence-corrected chi connectivity index (χ2v) is 16.1. The maximum Gasteiger partial charge on any atom is 0.0487 e. The molecule has 5 aromatic carbocycles. The van der Waals surface area contributed by atoms with Crippen LogP contribution in [0.3, 0.4) is 0 Å². The van der Waals surface area contributed by atoms with Crippen LogP contribution >= 0.6 is 0 Å². The lowest BCUT2D eigenvalue weighted by Crippen LogP contribution is -2.42. The molecule has 0 unspecified atom stereocenters. The minimum Gasteiger partial charge on any atom is -0.337 e. The first-order valence-corrected chi connectivity index (χ1v) is 17.0. The van der Waals surface area contributed by atoms with Gasteiger partial charge < -0.3 is 4.90 Å². The number of fused-ring (bicyclic) bond motifs is 4. The number of hydrogen-bond donors (Lipinski definition) is 0. The van der Waals surface area contributed by atoms with Crippen molar-refractivity contribution >= 4 is 11.4 Å². The predicted molar refractivity (Wildman–Crippen MR) is 197 cm³/mol. The third-order valence-corrected chi connectivity index (χ3v) is 12.6. The minimum absolute atomic E-state index is 0.0539. The predicted octanol–water partition coefficient (Wildman–Crippen LogP) is 12.2. The molecule has 1 nitrogen and oxygen atoms in total. The van der Waals surface area contributed by atoms with Gasteiger partial charge in [-0.1, -0.05) is 140 Å². The van der Waals surface area contributed by atoms with Crippen molar-refractivity contribution in [2.75, 3.05) is 4.90 Å². The first-order valence-electron chi connectivity index (χ1n) is 17.0. The van der Waals surface area contributed by atoms with Gasteiger partial charge in [0.1, 0.15) is 0 Å². The van der Waals surface area contributed by atoms with E-state index in [1.807, 2.05) is 0 Å². The molecule has 234 valence electrons. The monoisotopic (exact) mass is 603 g/mol. The van der Waals surface area contributed by atoms with Gasteiger partial charge >= 0.3 is 0 Å². The van der Waals surface area contributed by atoms with Crippen molar-refractivity contribution in [1.29, 1.82) is 0 Å². The average molecular weight is 604 g/mol. The molecule has 0 amide bonds. The van der Waals surface area contributed by atoms with Gasteiger partial charge in [0.2, 0.25) is 0 Å². The van der Waals surface area contributed by atoms with Gasteiger partial charge in [0.05, 0.1) is 0 Å². The summed E-state index contributed by atoms with van der Waals surface area (Å²) in [6, 6.07) is 39.3. The summed E-state index contributed by atoms with van der Waals surface area (Å²) in [7, 11) is 0. The number of aryl methyl sites for hydroxylation is 2. The molecule has 0 spiro atoms. The van der Waals surface area contributed by atoms with Gasteiger partial charge in [0.25, 0.3) is 0 Å². The van der Waals surface area contributed by atoms with E-state index in [-0.39, 0.29) is 21.7 Å². The third-order valence-electron chi connectivity index (χ3n) is 12.6. The molecule has 7 rings (SSSR count). The first-order chi connectivity index (χ1) is 21.6. The fourth-order valence-electron chi connectivity index (χ4n) is 8.47. The lowest BCUT2D eigenvalue weighted by atomic mass is 9.59. The number of nitrogens with zero attached hydrogens (tertiary/aromatic N) is 1. The maximum atomic E-state index is 2.51. The van der Waals surface area contributed by atoms with Crippen molar-refractivity contribution in [1.82, 2.24) is 0 Å². The van der Waals surface area contributed by atoms with Gasteiger partial charge in [-0.3, -0.25) is 0 Å². The Kier molecular flexibility index (Phi) is 6.77. The Morgan fingerprint density at radius 3 is 1.85 bits per heavy atom. The smallest absolute Gasteiger partial charge is 0.0487 e. The standard InChI is InChI=1S/C45H49N/c1-29-14-13-16-33(24-29)46(34-20-22-37-36-21-18-30(2)25-39(36)42(3,4)40(37)27-34)28-32-15-11-12-17-35(32)31-19-23-38-41(26-31)44(7,8)45(9,10)43(38,5)6/h11-27H,28H2,1-10H3. The van der Waals surface area contributed by atoms with E-state index in [0.29, 0.717) is 0 Å². The lowest BCUT2D eigenvalue weighted by molar-refractivity contribution is 0.125. The molecule has 0 saturated heterocycles. The summed E-state index contributed by atoms with van der Waals surface area (Å²) >= 11 is 0. The molecule has 2 aliphatic carbocycles. The molecule has 0 bridgehead atoms. The second kappa shape index (κ2) is 10.2. The quantitative estimate of drug-likeness (QED) is 0.193. The Hall–Kier alpha value is -4.10. The zero-order chi connectivity index (χ0) is 32.8. The van der Waals surface area contributed by atoms with Gasteiger partial charge in [-0.05, 0) is 110 Å². The fraction of sp³-hybridized carbons (Fsp3) is 0.333. The minimum atomic E-state index is -0.0539. The molecule has 2 aliphatic rings. The largest absolute Gasteiger partial charge is 0.337 e. The van der Waals surface area contributed by atoms with Crippen LogP contribution in [0.25, 0.3) is 22.3 Å². The van der Waals surface area contributed by atoms with E-state index in [2.05, 4.69) is 177 Å². The van der Waals surface area contributed by atoms with Crippen molar-refractivity contribution in [3.8, 4) is 22.3 Å². The van der Waals surface area contributed by atoms with Crippen molar-refractivity contribution in [2.45, 2.75) is 92.0 Å². The average Bonchev–Trinajstić information content (AvgIpc) is 3.30. The molecular formula is C45H49N. The highest BCUT2D eigenvalue weighted by Crippen LogP contribution is 2.62. The van der Waals surface area contributed by atoms with Gasteiger partial charge in [-0.2, -0.15) is 0 Å². The van der Waals surface area contributed by atoms with Gasteiger partial charge in [-0.15, -0.1) is 0 Å². The Morgan fingerprint density at radius 1 is 0.478 bits per heavy atom. The number of hydrogen-bond acceptors (Lipinski definition) is 1. The van der Waals surface area contributed by atoms with Crippen molar-refractivity contribution in [2.24, 2.45) is 5.41 Å². The highest BCUT2D eigenvalue weighted by Gasteiger charge is 2.56. The Bertz CT molecular complexity index is 2000. The van der Waals surface area contributed by atoms with Gasteiger partial charge in [-0.25, -0.2) is 0 Å². The van der Waals surface area contributed by atoms with Gasteiger partial charge in [0.15, 0.2) is 0 Å². The van der Waals surface area contributed by atoms with Crippen LogP contribution in [0.1, 0.15) is 94.3 Å². The van der Waals surface area contributed by atoms with Crippen LogP contribution in [0.4, 0.5) is 11.4 Å². The highest BCUT2D eigenvalue weighted by atomic mass is 15.1. The van der Waals surface area contributed by atoms with Crippen molar-refractivity contribution < 1.29 is 0 Å². The molecule has 0 fully saturated rings. The molecular weight excluding hydrogens is 555 g/mol. The number of anilines is 2.